The molecule has 0 aliphatic rings. The van der Waals surface area contributed by atoms with Crippen molar-refractivity contribution >= 4 is 23.1 Å². The monoisotopic (exact) mass is 375 g/mol. The molecule has 2 aromatic carbocycles. The highest BCUT2D eigenvalue weighted by Gasteiger charge is 2.11. The molecular formula is C23H25N3O2. The lowest BCUT2D eigenvalue weighted by molar-refractivity contribution is 0.102. The zero-order valence-electron chi connectivity index (χ0n) is 16.5. The maximum Gasteiger partial charge on any atom is 0.257 e. The number of pyridine rings is 1. The Balaban J connectivity index is 1.71. The predicted molar refractivity (Wildman–Crippen MR) is 114 cm³/mol. The molecule has 5 heteroatoms. The summed E-state index contributed by atoms with van der Waals surface area (Å²) in [5, 5.41) is 2.88. The lowest BCUT2D eigenvalue weighted by atomic mass is 10.2. The van der Waals surface area contributed by atoms with Crippen molar-refractivity contribution in [3.63, 3.8) is 0 Å². The molecule has 0 atom stereocenters. The molecule has 0 radical (unpaired) electrons. The number of carbonyl (C=O) groups is 1. The summed E-state index contributed by atoms with van der Waals surface area (Å²) in [6.45, 7) is 7.48. The first-order chi connectivity index (χ1) is 13.6. The van der Waals surface area contributed by atoms with Gasteiger partial charge in [0.25, 0.3) is 5.91 Å². The van der Waals surface area contributed by atoms with Crippen LogP contribution in [0.4, 0.5) is 17.2 Å². The smallest absolute Gasteiger partial charge is 0.257 e. The molecule has 0 saturated heterocycles. The van der Waals surface area contributed by atoms with Gasteiger partial charge in [-0.3, -0.25) is 4.79 Å². The van der Waals surface area contributed by atoms with E-state index in [2.05, 4.69) is 47.2 Å². The Morgan fingerprint density at radius 3 is 2.46 bits per heavy atom. The van der Waals surface area contributed by atoms with E-state index in [9.17, 15) is 4.79 Å². The standard InChI is InChI=1S/C23H25N3O2/c1-4-26(20-8-6-7-17(3)15-20)22-14-9-18(16-24-22)23(27)25-19-10-12-21(13-11-19)28-5-2/h6-16H,4-5H2,1-3H3,(H,25,27). The highest BCUT2D eigenvalue weighted by Crippen LogP contribution is 2.24. The molecular weight excluding hydrogens is 350 g/mol. The molecule has 28 heavy (non-hydrogen) atoms. The number of hydrogen-bond donors (Lipinski definition) is 1. The SMILES string of the molecule is CCOc1ccc(NC(=O)c2ccc(N(CC)c3cccc(C)c3)nc2)cc1. The summed E-state index contributed by atoms with van der Waals surface area (Å²) in [6.07, 6.45) is 1.61. The van der Waals surface area contributed by atoms with Gasteiger partial charge in [-0.05, 0) is 74.9 Å². The summed E-state index contributed by atoms with van der Waals surface area (Å²) >= 11 is 0. The van der Waals surface area contributed by atoms with Crippen molar-refractivity contribution < 1.29 is 9.53 Å². The van der Waals surface area contributed by atoms with Crippen molar-refractivity contribution in [1.29, 1.82) is 0 Å². The Hall–Kier alpha value is -3.34. The summed E-state index contributed by atoms with van der Waals surface area (Å²) in [5.41, 5.74) is 3.51. The van der Waals surface area contributed by atoms with Gasteiger partial charge in [0.15, 0.2) is 0 Å². The first-order valence-corrected chi connectivity index (χ1v) is 9.45. The molecule has 0 bridgehead atoms. The van der Waals surface area contributed by atoms with Crippen molar-refractivity contribution in [2.24, 2.45) is 0 Å². The van der Waals surface area contributed by atoms with E-state index in [1.54, 1.807) is 12.3 Å². The van der Waals surface area contributed by atoms with E-state index in [1.807, 2.05) is 43.3 Å². The lowest BCUT2D eigenvalue weighted by Gasteiger charge is -2.22. The average Bonchev–Trinajstić information content (AvgIpc) is 2.71. The largest absolute Gasteiger partial charge is 0.494 e. The van der Waals surface area contributed by atoms with Gasteiger partial charge in [0, 0.05) is 24.1 Å². The number of ether oxygens (including phenoxy) is 1. The molecule has 144 valence electrons. The molecule has 0 fully saturated rings. The Labute approximate surface area is 166 Å². The van der Waals surface area contributed by atoms with E-state index in [4.69, 9.17) is 4.74 Å². The summed E-state index contributed by atoms with van der Waals surface area (Å²) in [5.74, 6) is 1.40. The van der Waals surface area contributed by atoms with Gasteiger partial charge < -0.3 is 15.0 Å². The van der Waals surface area contributed by atoms with Gasteiger partial charge >= 0.3 is 0 Å². The van der Waals surface area contributed by atoms with Gasteiger partial charge in [-0.25, -0.2) is 4.98 Å². The van der Waals surface area contributed by atoms with Crippen LogP contribution in [0.3, 0.4) is 0 Å². The Kier molecular flexibility index (Phi) is 6.27. The fourth-order valence-electron chi connectivity index (χ4n) is 2.96. The zero-order valence-corrected chi connectivity index (χ0v) is 16.5. The fourth-order valence-corrected chi connectivity index (χ4v) is 2.96. The quantitative estimate of drug-likeness (QED) is 0.617. The number of rotatable bonds is 7. The third-order valence-electron chi connectivity index (χ3n) is 4.34. The minimum absolute atomic E-state index is 0.193. The summed E-state index contributed by atoms with van der Waals surface area (Å²) in [4.78, 5) is 19.1. The number of nitrogens with one attached hydrogen (secondary N) is 1. The van der Waals surface area contributed by atoms with Crippen LogP contribution in [0.25, 0.3) is 0 Å². The zero-order chi connectivity index (χ0) is 19.9. The molecule has 5 nitrogen and oxygen atoms in total. The van der Waals surface area contributed by atoms with Gasteiger partial charge in [-0.15, -0.1) is 0 Å². The Morgan fingerprint density at radius 2 is 1.86 bits per heavy atom. The normalized spacial score (nSPS) is 10.4. The van der Waals surface area contributed by atoms with E-state index in [0.717, 1.165) is 23.8 Å². The van der Waals surface area contributed by atoms with Crippen LogP contribution >= 0.6 is 0 Å². The summed E-state index contributed by atoms with van der Waals surface area (Å²) in [7, 11) is 0. The number of anilines is 3. The molecule has 0 saturated carbocycles. The van der Waals surface area contributed by atoms with Gasteiger partial charge in [-0.2, -0.15) is 0 Å². The number of benzene rings is 2. The van der Waals surface area contributed by atoms with Crippen LogP contribution in [-0.4, -0.2) is 24.0 Å². The molecule has 1 heterocycles. The summed E-state index contributed by atoms with van der Waals surface area (Å²) in [6, 6.07) is 19.3. The third-order valence-corrected chi connectivity index (χ3v) is 4.34. The second kappa shape index (κ2) is 9.04. The van der Waals surface area contributed by atoms with Gasteiger partial charge in [0.2, 0.25) is 0 Å². The van der Waals surface area contributed by atoms with Crippen LogP contribution in [0.1, 0.15) is 29.8 Å². The van der Waals surface area contributed by atoms with Crippen LogP contribution in [-0.2, 0) is 0 Å². The molecule has 1 N–H and O–H groups in total. The summed E-state index contributed by atoms with van der Waals surface area (Å²) < 4.78 is 5.41. The highest BCUT2D eigenvalue weighted by atomic mass is 16.5. The van der Waals surface area contributed by atoms with Crippen molar-refractivity contribution in [3.05, 3.63) is 78.0 Å². The minimum atomic E-state index is -0.193. The Morgan fingerprint density at radius 1 is 1.07 bits per heavy atom. The molecule has 0 unspecified atom stereocenters. The van der Waals surface area contributed by atoms with Gasteiger partial charge in [0.05, 0.1) is 12.2 Å². The van der Waals surface area contributed by atoms with E-state index in [1.165, 1.54) is 5.56 Å². The number of amides is 1. The van der Waals surface area contributed by atoms with E-state index < -0.39 is 0 Å². The fraction of sp³-hybridized carbons (Fsp3) is 0.217. The maximum absolute atomic E-state index is 12.5. The van der Waals surface area contributed by atoms with E-state index >= 15 is 0 Å². The van der Waals surface area contributed by atoms with Crippen LogP contribution in [0, 0.1) is 6.92 Å². The number of carbonyl (C=O) groups excluding carboxylic acids is 1. The second-order valence-electron chi connectivity index (χ2n) is 6.40. The highest BCUT2D eigenvalue weighted by molar-refractivity contribution is 6.04. The third kappa shape index (κ3) is 4.68. The maximum atomic E-state index is 12.5. The van der Waals surface area contributed by atoms with E-state index in [0.29, 0.717) is 17.9 Å². The minimum Gasteiger partial charge on any atom is -0.494 e. The first kappa shape index (κ1) is 19.4. The van der Waals surface area contributed by atoms with Crippen molar-refractivity contribution in [3.8, 4) is 5.75 Å². The Bertz CT molecular complexity index is 921. The molecule has 0 aliphatic heterocycles. The van der Waals surface area contributed by atoms with Gasteiger partial charge in [-0.1, -0.05) is 12.1 Å². The molecule has 3 aromatic rings. The van der Waals surface area contributed by atoms with Crippen LogP contribution < -0.4 is 15.0 Å². The first-order valence-electron chi connectivity index (χ1n) is 9.45. The van der Waals surface area contributed by atoms with Crippen LogP contribution in [0.5, 0.6) is 5.75 Å². The number of nitrogens with zero attached hydrogens (tertiary/aromatic N) is 2. The van der Waals surface area contributed by atoms with Crippen molar-refractivity contribution in [2.45, 2.75) is 20.8 Å². The average molecular weight is 375 g/mol. The molecule has 0 spiro atoms. The molecule has 1 aromatic heterocycles. The van der Waals surface area contributed by atoms with Crippen LogP contribution in [0.15, 0.2) is 66.9 Å². The molecule has 1 amide bonds. The number of aryl methyl sites for hydroxylation is 1. The van der Waals surface area contributed by atoms with Crippen LogP contribution in [0.2, 0.25) is 0 Å². The van der Waals surface area contributed by atoms with Crippen molar-refractivity contribution in [1.82, 2.24) is 4.98 Å². The van der Waals surface area contributed by atoms with Crippen molar-refractivity contribution in [2.75, 3.05) is 23.4 Å². The second-order valence-corrected chi connectivity index (χ2v) is 6.40. The van der Waals surface area contributed by atoms with E-state index in [-0.39, 0.29) is 5.91 Å². The molecule has 3 rings (SSSR count). The number of aromatic nitrogens is 1. The molecule has 0 aliphatic carbocycles. The topological polar surface area (TPSA) is 54.5 Å². The lowest BCUT2D eigenvalue weighted by Crippen LogP contribution is -2.18. The number of hydrogen-bond acceptors (Lipinski definition) is 4. The van der Waals surface area contributed by atoms with Gasteiger partial charge in [0.1, 0.15) is 11.6 Å². The predicted octanol–water partition coefficient (Wildman–Crippen LogP) is 5.20.